The van der Waals surface area contributed by atoms with Crippen LogP contribution in [0.4, 0.5) is 0 Å². The highest BCUT2D eigenvalue weighted by Crippen LogP contribution is 1.94. The van der Waals surface area contributed by atoms with Gasteiger partial charge in [0.15, 0.2) is 13.0 Å². The molecule has 1 heterocycles. The molecule has 1 amide bonds. The van der Waals surface area contributed by atoms with E-state index >= 15 is 0 Å². The lowest BCUT2D eigenvalue weighted by molar-refractivity contribution is -0.136. The highest BCUT2D eigenvalue weighted by molar-refractivity contribution is 5.82. The van der Waals surface area contributed by atoms with Crippen molar-refractivity contribution in [1.82, 2.24) is 5.01 Å². The van der Waals surface area contributed by atoms with Crippen molar-refractivity contribution < 1.29 is 14.3 Å². The maximum atomic E-state index is 10.7. The van der Waals surface area contributed by atoms with E-state index in [0.717, 1.165) is 11.4 Å². The zero-order valence-corrected chi connectivity index (χ0v) is 5.19. The average Bonchev–Trinajstić information content (AvgIpc) is 1.94. The molecule has 0 radical (unpaired) electrons. The van der Waals surface area contributed by atoms with Crippen molar-refractivity contribution in [1.29, 1.82) is 0 Å². The summed E-state index contributed by atoms with van der Waals surface area (Å²) in [5, 5.41) is 4.56. The van der Waals surface area contributed by atoms with Crippen molar-refractivity contribution in [3.63, 3.8) is 0 Å². The van der Waals surface area contributed by atoms with Crippen LogP contribution >= 0.6 is 0 Å². The molecule has 0 aromatic heterocycles. The first kappa shape index (κ1) is 6.73. The lowest BCUT2D eigenvalue weighted by Crippen LogP contribution is -2.34. The fourth-order valence-corrected chi connectivity index (χ4v) is 0.557. The van der Waals surface area contributed by atoms with Gasteiger partial charge in [-0.15, -0.1) is 5.10 Å². The molecular formula is C5H6N2O3. The Hall–Kier alpha value is -1.39. The van der Waals surface area contributed by atoms with E-state index in [1.165, 1.54) is 0 Å². The Morgan fingerprint density at radius 3 is 3.30 bits per heavy atom. The second-order valence-corrected chi connectivity index (χ2v) is 1.67. The minimum atomic E-state index is -0.297. The van der Waals surface area contributed by atoms with Gasteiger partial charge in [-0.3, -0.25) is 4.79 Å². The summed E-state index contributed by atoms with van der Waals surface area (Å²) in [7, 11) is 0. The van der Waals surface area contributed by atoms with Gasteiger partial charge < -0.3 is 9.53 Å². The Labute approximate surface area is 57.3 Å². The molecule has 5 heteroatoms. The fraction of sp³-hybridized carbons (Fsp3) is 0.400. The van der Waals surface area contributed by atoms with Crippen molar-refractivity contribution in [3.05, 3.63) is 0 Å². The van der Waals surface area contributed by atoms with Crippen LogP contribution in [-0.2, 0) is 14.3 Å². The van der Waals surface area contributed by atoms with Gasteiger partial charge >= 0.3 is 0 Å². The number of hydrazone groups is 1. The molecule has 0 atom stereocenters. The molecule has 10 heavy (non-hydrogen) atoms. The summed E-state index contributed by atoms with van der Waals surface area (Å²) in [6.45, 7) is -0.0317. The van der Waals surface area contributed by atoms with Gasteiger partial charge in [-0.1, -0.05) is 0 Å². The summed E-state index contributed by atoms with van der Waals surface area (Å²) in [4.78, 5) is 20.6. The quantitative estimate of drug-likeness (QED) is 0.464. The van der Waals surface area contributed by atoms with Gasteiger partial charge in [0.2, 0.25) is 0 Å². The monoisotopic (exact) mass is 142 g/mol. The lowest BCUT2D eigenvalue weighted by Gasteiger charge is -2.16. The zero-order chi connectivity index (χ0) is 7.40. The number of carbonyl (C=O) groups excluding carboxylic acids is 2. The van der Waals surface area contributed by atoms with E-state index in [9.17, 15) is 9.59 Å². The molecule has 0 N–H and O–H groups in total. The predicted octanol–water partition coefficient (Wildman–Crippen LogP) is -1.01. The zero-order valence-electron chi connectivity index (χ0n) is 5.19. The van der Waals surface area contributed by atoms with E-state index in [1.54, 1.807) is 0 Å². The Bertz CT molecular complexity index is 178. The molecular weight excluding hydrogens is 136 g/mol. The highest BCUT2D eigenvalue weighted by Gasteiger charge is 2.14. The van der Waals surface area contributed by atoms with Crippen molar-refractivity contribution in [2.75, 3.05) is 13.2 Å². The Kier molecular flexibility index (Phi) is 1.99. The largest absolute Gasteiger partial charge is 0.472 e. The summed E-state index contributed by atoms with van der Waals surface area (Å²) < 4.78 is 4.56. The van der Waals surface area contributed by atoms with E-state index in [2.05, 4.69) is 9.84 Å². The van der Waals surface area contributed by atoms with E-state index in [1.807, 2.05) is 0 Å². The van der Waals surface area contributed by atoms with Crippen molar-refractivity contribution in [2.24, 2.45) is 5.10 Å². The molecule has 1 rings (SSSR count). The molecule has 0 aromatic rings. The molecule has 0 aromatic carbocycles. The standard InChI is InChI=1S/C5H6N2O3/c8-2-1-7-5(9)3-10-4-6-7/h2,4H,1,3H2. The van der Waals surface area contributed by atoms with Gasteiger partial charge in [0.05, 0.1) is 0 Å². The normalized spacial score (nSPS) is 16.8. The van der Waals surface area contributed by atoms with E-state index in [4.69, 9.17) is 0 Å². The van der Waals surface area contributed by atoms with Gasteiger partial charge in [0.1, 0.15) is 12.8 Å². The summed E-state index contributed by atoms with van der Waals surface area (Å²) >= 11 is 0. The molecule has 0 spiro atoms. The van der Waals surface area contributed by atoms with Crippen LogP contribution in [0.5, 0.6) is 0 Å². The molecule has 0 aliphatic carbocycles. The van der Waals surface area contributed by atoms with Crippen molar-refractivity contribution >= 4 is 18.6 Å². The topological polar surface area (TPSA) is 59.0 Å². The highest BCUT2D eigenvalue weighted by atomic mass is 16.5. The summed E-state index contributed by atoms with van der Waals surface area (Å²) in [5.41, 5.74) is 0. The summed E-state index contributed by atoms with van der Waals surface area (Å²) in [6.07, 6.45) is 1.76. The Morgan fingerprint density at radius 1 is 1.90 bits per heavy atom. The van der Waals surface area contributed by atoms with E-state index in [0.29, 0.717) is 6.29 Å². The van der Waals surface area contributed by atoms with Crippen LogP contribution in [0.25, 0.3) is 0 Å². The smallest absolute Gasteiger partial charge is 0.281 e. The molecule has 54 valence electrons. The Morgan fingerprint density at radius 2 is 2.70 bits per heavy atom. The van der Waals surface area contributed by atoms with E-state index < -0.39 is 0 Å². The predicted molar refractivity (Wildman–Crippen MR) is 32.2 cm³/mol. The lowest BCUT2D eigenvalue weighted by atomic mass is 10.5. The maximum absolute atomic E-state index is 10.7. The third kappa shape index (κ3) is 1.31. The number of amides is 1. The molecule has 1 aliphatic rings. The molecule has 5 nitrogen and oxygen atoms in total. The molecule has 0 saturated heterocycles. The van der Waals surface area contributed by atoms with Gasteiger partial charge in [-0.25, -0.2) is 5.01 Å². The van der Waals surface area contributed by atoms with Crippen molar-refractivity contribution in [2.45, 2.75) is 0 Å². The maximum Gasteiger partial charge on any atom is 0.281 e. The van der Waals surface area contributed by atoms with Crippen molar-refractivity contribution in [3.8, 4) is 0 Å². The molecule has 0 saturated carbocycles. The van der Waals surface area contributed by atoms with Crippen LogP contribution < -0.4 is 0 Å². The minimum Gasteiger partial charge on any atom is -0.472 e. The van der Waals surface area contributed by atoms with Crippen LogP contribution in [0, 0.1) is 0 Å². The number of rotatable bonds is 2. The third-order valence-electron chi connectivity index (χ3n) is 1.00. The third-order valence-corrected chi connectivity index (χ3v) is 1.00. The number of hydrogen-bond donors (Lipinski definition) is 0. The average molecular weight is 142 g/mol. The number of aldehydes is 1. The number of ether oxygens (including phenoxy) is 1. The number of hydrogen-bond acceptors (Lipinski definition) is 4. The second kappa shape index (κ2) is 2.95. The molecule has 1 aliphatic heterocycles. The first-order valence-corrected chi connectivity index (χ1v) is 2.72. The minimum absolute atomic E-state index is 0.00130. The van der Waals surface area contributed by atoms with Gasteiger partial charge in [0.25, 0.3) is 5.91 Å². The summed E-state index contributed by atoms with van der Waals surface area (Å²) in [6, 6.07) is 0. The number of nitrogens with zero attached hydrogens (tertiary/aromatic N) is 2. The van der Waals surface area contributed by atoms with Gasteiger partial charge in [-0.2, -0.15) is 0 Å². The van der Waals surface area contributed by atoms with Crippen LogP contribution in [0.3, 0.4) is 0 Å². The van der Waals surface area contributed by atoms with Gasteiger partial charge in [0, 0.05) is 0 Å². The second-order valence-electron chi connectivity index (χ2n) is 1.67. The van der Waals surface area contributed by atoms with Crippen LogP contribution in [0.1, 0.15) is 0 Å². The molecule has 0 bridgehead atoms. The van der Waals surface area contributed by atoms with Crippen LogP contribution in [-0.4, -0.2) is 36.8 Å². The first-order chi connectivity index (χ1) is 4.84. The molecule has 0 unspecified atom stereocenters. The van der Waals surface area contributed by atoms with Gasteiger partial charge in [-0.05, 0) is 0 Å². The summed E-state index contributed by atoms with van der Waals surface area (Å²) in [5.74, 6) is -0.297. The first-order valence-electron chi connectivity index (χ1n) is 2.72. The fourth-order valence-electron chi connectivity index (χ4n) is 0.557. The SMILES string of the molecule is O=CCN1N=COCC1=O. The van der Waals surface area contributed by atoms with Crippen LogP contribution in [0.15, 0.2) is 5.10 Å². The van der Waals surface area contributed by atoms with E-state index in [-0.39, 0.29) is 19.1 Å². The van der Waals surface area contributed by atoms with Crippen LogP contribution in [0.2, 0.25) is 0 Å². The Balaban J connectivity index is 2.54. The molecule has 0 fully saturated rings. The number of carbonyl (C=O) groups is 2.